The quantitative estimate of drug-likeness (QED) is 0.286. The second kappa shape index (κ2) is 12.9. The van der Waals surface area contributed by atoms with E-state index in [1.807, 2.05) is 10.4 Å². The summed E-state index contributed by atoms with van der Waals surface area (Å²) in [6, 6.07) is 10.4. The maximum atomic E-state index is 13.1. The number of piperazine rings is 1. The first-order valence-electron chi connectivity index (χ1n) is 16.3. The van der Waals surface area contributed by atoms with Gasteiger partial charge in [-0.15, -0.1) is 11.3 Å². The molecule has 48 heavy (non-hydrogen) atoms. The van der Waals surface area contributed by atoms with Gasteiger partial charge in [-0.1, -0.05) is 6.07 Å². The number of nitrogen functional groups attached to an aromatic ring is 1. The molecular formula is C33H40F3N9OS2. The lowest BCUT2D eigenvalue weighted by molar-refractivity contribution is -0.126. The monoisotopic (exact) mass is 699 g/mol. The van der Waals surface area contributed by atoms with E-state index in [0.717, 1.165) is 107 Å². The Labute approximate surface area is 284 Å². The highest BCUT2D eigenvalue weighted by atomic mass is 32.2. The zero-order valence-electron chi connectivity index (χ0n) is 27.2. The number of hydrogen-bond acceptors (Lipinski definition) is 9. The van der Waals surface area contributed by atoms with Gasteiger partial charge in [0.25, 0.3) is 0 Å². The molecule has 0 amide bonds. The van der Waals surface area contributed by atoms with Gasteiger partial charge in [-0.05, 0) is 55.6 Å². The molecule has 0 aliphatic carbocycles. The fourth-order valence-electron chi connectivity index (χ4n) is 7.83. The lowest BCUT2D eigenvalue weighted by atomic mass is 9.86. The van der Waals surface area contributed by atoms with E-state index in [-0.39, 0.29) is 16.2 Å². The molecule has 2 N–H and O–H groups in total. The number of fused-ring (bicyclic) bond motifs is 2. The summed E-state index contributed by atoms with van der Waals surface area (Å²) in [5.74, 6) is 0.719. The highest BCUT2D eigenvalue weighted by molar-refractivity contribution is 7.81. The fraction of sp³-hybridized carbons (Fsp3) is 0.545. The Bertz CT molecular complexity index is 1910. The number of alkyl halides is 3. The van der Waals surface area contributed by atoms with Crippen LogP contribution in [0.4, 0.5) is 24.9 Å². The van der Waals surface area contributed by atoms with Crippen molar-refractivity contribution in [2.75, 3.05) is 75.8 Å². The molecule has 10 nitrogen and oxygen atoms in total. The molecule has 1 aromatic carbocycles. The van der Waals surface area contributed by atoms with Gasteiger partial charge in [0, 0.05) is 92.9 Å². The molecule has 0 bridgehead atoms. The Hall–Kier alpha value is -3.29. The van der Waals surface area contributed by atoms with Crippen molar-refractivity contribution in [3.8, 4) is 6.07 Å². The number of thiophene rings is 1. The van der Waals surface area contributed by atoms with E-state index in [1.165, 1.54) is 11.1 Å². The second-order valence-corrected chi connectivity index (χ2v) is 16.0. The third-order valence-electron chi connectivity index (χ3n) is 10.4. The van der Waals surface area contributed by atoms with Gasteiger partial charge in [0.15, 0.2) is 0 Å². The van der Waals surface area contributed by atoms with Crippen LogP contribution in [0.25, 0.3) is 21.1 Å². The predicted octanol–water partition coefficient (Wildman–Crippen LogP) is 4.53. The minimum atomic E-state index is -4.29. The Morgan fingerprint density at radius 2 is 1.79 bits per heavy atom. The summed E-state index contributed by atoms with van der Waals surface area (Å²) >= 11 is 1.03. The number of anilines is 2. The van der Waals surface area contributed by atoms with Crippen molar-refractivity contribution in [1.29, 1.82) is 5.26 Å². The van der Waals surface area contributed by atoms with Crippen LogP contribution < -0.4 is 10.6 Å². The first-order valence-corrected chi connectivity index (χ1v) is 18.7. The summed E-state index contributed by atoms with van der Waals surface area (Å²) in [7, 11) is -0.936. The lowest BCUT2D eigenvalue weighted by Crippen LogP contribution is -2.47. The van der Waals surface area contributed by atoms with Crippen LogP contribution >= 0.6 is 11.3 Å². The van der Waals surface area contributed by atoms with Crippen molar-refractivity contribution >= 4 is 55.2 Å². The van der Waals surface area contributed by atoms with Crippen LogP contribution in [0.1, 0.15) is 34.5 Å². The molecule has 4 aromatic rings. The van der Waals surface area contributed by atoms with Crippen molar-refractivity contribution in [3.63, 3.8) is 0 Å². The van der Waals surface area contributed by atoms with Gasteiger partial charge in [0.2, 0.25) is 5.95 Å². The second-order valence-electron chi connectivity index (χ2n) is 13.5. The number of nitriles is 1. The summed E-state index contributed by atoms with van der Waals surface area (Å²) in [6.45, 7) is 11.3. The first kappa shape index (κ1) is 33.2. The number of nitrogens with two attached hydrogens (primary N) is 1. The third kappa shape index (κ3) is 6.65. The maximum Gasteiger partial charge on any atom is 0.393 e. The van der Waals surface area contributed by atoms with Crippen molar-refractivity contribution in [1.82, 2.24) is 28.6 Å². The van der Waals surface area contributed by atoms with Crippen molar-refractivity contribution < 1.29 is 17.4 Å². The van der Waals surface area contributed by atoms with Crippen LogP contribution in [-0.2, 0) is 30.5 Å². The zero-order chi connectivity index (χ0) is 33.8. The maximum absolute atomic E-state index is 13.1. The summed E-state index contributed by atoms with van der Waals surface area (Å²) < 4.78 is 55.3. The fourth-order valence-corrected chi connectivity index (χ4v) is 9.57. The Kier molecular flexibility index (Phi) is 8.91. The Morgan fingerprint density at radius 1 is 1.02 bits per heavy atom. The lowest BCUT2D eigenvalue weighted by Gasteiger charge is -2.33. The molecular weight excluding hydrogens is 660 g/mol. The smallest absolute Gasteiger partial charge is 0.368 e. The van der Waals surface area contributed by atoms with Crippen molar-refractivity contribution in [2.24, 2.45) is 5.41 Å². The molecule has 7 rings (SSSR count). The SMILES string of the molecule is Cc1c(CN2CCC3(CCN(c4nc(N)nc5sc(CC(F)(F)F)cc45)C3)C2)ccc2c1cc(C#N)n2CCN1CCN(S(C)=O)CC1. The molecule has 3 aliphatic heterocycles. The van der Waals surface area contributed by atoms with Crippen LogP contribution in [0, 0.1) is 23.7 Å². The van der Waals surface area contributed by atoms with Crippen LogP contribution in [0.2, 0.25) is 0 Å². The minimum Gasteiger partial charge on any atom is -0.368 e. The average Bonchev–Trinajstić information content (AvgIpc) is 3.82. The molecule has 3 saturated heterocycles. The Balaban J connectivity index is 1.02. The highest BCUT2D eigenvalue weighted by Crippen LogP contribution is 2.44. The molecule has 2 atom stereocenters. The van der Waals surface area contributed by atoms with Crippen LogP contribution in [0.5, 0.6) is 0 Å². The third-order valence-corrected chi connectivity index (χ3v) is 12.5. The summed E-state index contributed by atoms with van der Waals surface area (Å²) in [4.78, 5) is 16.5. The summed E-state index contributed by atoms with van der Waals surface area (Å²) in [5, 5.41) is 11.7. The summed E-state index contributed by atoms with van der Waals surface area (Å²) in [6.07, 6.45) is -1.53. The molecule has 0 radical (unpaired) electrons. The molecule has 1 spiro atoms. The molecule has 15 heteroatoms. The van der Waals surface area contributed by atoms with Crippen molar-refractivity contribution in [2.45, 2.75) is 45.5 Å². The number of aryl methyl sites for hydroxylation is 1. The molecule has 6 heterocycles. The molecule has 3 aliphatic rings. The van der Waals surface area contributed by atoms with E-state index in [0.29, 0.717) is 21.7 Å². The molecule has 3 aromatic heterocycles. The number of nitrogens with zero attached hydrogens (tertiary/aromatic N) is 8. The molecule has 3 fully saturated rings. The van der Waals surface area contributed by atoms with Gasteiger partial charge in [0.1, 0.15) is 22.4 Å². The number of benzene rings is 1. The van der Waals surface area contributed by atoms with Crippen LogP contribution in [0.3, 0.4) is 0 Å². The van der Waals surface area contributed by atoms with Gasteiger partial charge < -0.3 is 15.2 Å². The number of likely N-dealkylation sites (tertiary alicyclic amines) is 1. The topological polar surface area (TPSA) is 111 Å². The van der Waals surface area contributed by atoms with Gasteiger partial charge in [-0.2, -0.15) is 23.4 Å². The standard InChI is InChI=1S/C33H40F3N9OS2/c1-22-23(3-4-28-26(22)15-24(18-37)45(28)14-11-41-9-12-44(13-10-41)48(2)46)19-42-7-5-32(20-42)6-8-43(21-32)29-27-16-25(17-33(34,35)36)47-30(27)40-31(38)39-29/h3-4,15-16H,5-14,17,19-21H2,1-2H3,(H2,38,39,40). The normalized spacial score (nSPS) is 22.0. The van der Waals surface area contributed by atoms with Gasteiger partial charge in [-0.25, -0.2) is 13.5 Å². The Morgan fingerprint density at radius 3 is 2.52 bits per heavy atom. The van der Waals surface area contributed by atoms with E-state index >= 15 is 0 Å². The van der Waals surface area contributed by atoms with E-state index in [4.69, 9.17) is 5.73 Å². The summed E-state index contributed by atoms with van der Waals surface area (Å²) in [5.41, 5.74) is 10.3. The van der Waals surface area contributed by atoms with Crippen molar-refractivity contribution in [3.05, 3.63) is 46.0 Å². The minimum absolute atomic E-state index is 0.0732. The predicted molar refractivity (Wildman–Crippen MR) is 184 cm³/mol. The molecule has 256 valence electrons. The largest absolute Gasteiger partial charge is 0.393 e. The van der Waals surface area contributed by atoms with Crippen LogP contribution in [0.15, 0.2) is 24.3 Å². The average molecular weight is 700 g/mol. The van der Waals surface area contributed by atoms with Crippen LogP contribution in [-0.4, -0.2) is 104 Å². The van der Waals surface area contributed by atoms with E-state index in [9.17, 15) is 22.6 Å². The number of halogens is 3. The van der Waals surface area contributed by atoms with E-state index < -0.39 is 23.6 Å². The number of hydrogen-bond donors (Lipinski definition) is 1. The number of aromatic nitrogens is 3. The van der Waals surface area contributed by atoms with Gasteiger partial charge >= 0.3 is 6.18 Å². The van der Waals surface area contributed by atoms with Gasteiger partial charge in [-0.3, -0.25) is 9.80 Å². The molecule has 2 unspecified atom stereocenters. The first-order chi connectivity index (χ1) is 22.9. The zero-order valence-corrected chi connectivity index (χ0v) is 28.9. The van der Waals surface area contributed by atoms with E-state index in [1.54, 1.807) is 12.3 Å². The highest BCUT2D eigenvalue weighted by Gasteiger charge is 2.44. The molecule has 0 saturated carbocycles. The van der Waals surface area contributed by atoms with Gasteiger partial charge in [0.05, 0.1) is 22.8 Å². The van der Waals surface area contributed by atoms with E-state index in [2.05, 4.69) is 54.4 Å². The number of rotatable bonds is 8.